The monoisotopic (exact) mass is 154 g/mol. The summed E-state index contributed by atoms with van der Waals surface area (Å²) in [4.78, 5) is 0. The molecule has 0 saturated heterocycles. The molecule has 0 amide bonds. The summed E-state index contributed by atoms with van der Waals surface area (Å²) in [5.74, 6) is 0. The van der Waals surface area contributed by atoms with Crippen LogP contribution in [0.15, 0.2) is 18.7 Å². The second kappa shape index (κ2) is 4.01. The maximum Gasteiger partial charge on any atom is 0.266 e. The summed E-state index contributed by atoms with van der Waals surface area (Å²) in [5, 5.41) is 0. The van der Waals surface area contributed by atoms with Gasteiger partial charge >= 0.3 is 0 Å². The fourth-order valence-electron chi connectivity index (χ4n) is 0.929. The summed E-state index contributed by atoms with van der Waals surface area (Å²) < 4.78 is 3.99. The first-order valence-electron chi connectivity index (χ1n) is 4.10. The Kier molecular flexibility index (Phi) is 2.95. The van der Waals surface area contributed by atoms with E-state index in [1.165, 1.54) is 12.8 Å². The molecule has 0 aliphatic rings. The van der Waals surface area contributed by atoms with Crippen LogP contribution in [0.2, 0.25) is 0 Å². The number of nitrogens with one attached hydrogen (secondary N) is 1. The molecule has 0 aromatic carbocycles. The van der Waals surface area contributed by atoms with Gasteiger partial charge in [0.25, 0.3) is 6.33 Å². The lowest BCUT2D eigenvalue weighted by Gasteiger charge is -1.97. The fourth-order valence-corrected chi connectivity index (χ4v) is 0.929. The number of unbranched alkanes of at least 4 members (excludes halogenated alkanes) is 1. The van der Waals surface area contributed by atoms with Crippen LogP contribution in [0.1, 0.15) is 19.8 Å². The van der Waals surface area contributed by atoms with Gasteiger partial charge in [0.15, 0.2) is 6.20 Å². The van der Waals surface area contributed by atoms with Crippen molar-refractivity contribution >= 4 is 0 Å². The minimum atomic E-state index is 1.05. The molecule has 11 heavy (non-hydrogen) atoms. The first-order valence-corrected chi connectivity index (χ1v) is 4.10. The summed E-state index contributed by atoms with van der Waals surface area (Å²) in [6, 6.07) is 0. The summed E-state index contributed by atoms with van der Waals surface area (Å²) in [7, 11) is 2.01. The zero-order chi connectivity index (χ0) is 8.10. The van der Waals surface area contributed by atoms with Gasteiger partial charge in [0, 0.05) is 0 Å². The third-order valence-corrected chi connectivity index (χ3v) is 1.59. The Hall–Kier alpha value is -0.990. The van der Waals surface area contributed by atoms with Gasteiger partial charge in [0.1, 0.15) is 6.20 Å². The smallest absolute Gasteiger partial charge is 0.256 e. The Morgan fingerprint density at radius 1 is 1.55 bits per heavy atom. The van der Waals surface area contributed by atoms with E-state index in [2.05, 4.69) is 12.3 Å². The summed E-state index contributed by atoms with van der Waals surface area (Å²) in [6.07, 6.45) is 8.49. The zero-order valence-electron chi connectivity index (χ0n) is 7.25. The van der Waals surface area contributed by atoms with Gasteiger partial charge in [-0.2, -0.15) is 0 Å². The Labute approximate surface area is 67.6 Å². The van der Waals surface area contributed by atoms with Gasteiger partial charge in [-0.05, 0) is 6.42 Å². The summed E-state index contributed by atoms with van der Waals surface area (Å²) in [5.41, 5.74) is 3.26. The van der Waals surface area contributed by atoms with Crippen molar-refractivity contribution in [3.63, 3.8) is 0 Å². The van der Waals surface area contributed by atoms with E-state index in [1.807, 2.05) is 35.0 Å². The quantitative estimate of drug-likeness (QED) is 0.499. The van der Waals surface area contributed by atoms with Gasteiger partial charge in [0.05, 0.1) is 13.6 Å². The molecule has 3 nitrogen and oxygen atoms in total. The minimum absolute atomic E-state index is 1.05. The number of rotatable bonds is 4. The van der Waals surface area contributed by atoms with E-state index in [-0.39, 0.29) is 0 Å². The molecule has 1 N–H and O–H groups in total. The van der Waals surface area contributed by atoms with Crippen molar-refractivity contribution in [2.75, 3.05) is 12.0 Å². The highest BCUT2D eigenvalue weighted by atomic mass is 15.4. The number of imidazole rings is 1. The predicted octanol–water partition coefficient (Wildman–Crippen LogP) is 0.656. The van der Waals surface area contributed by atoms with Crippen molar-refractivity contribution < 1.29 is 4.57 Å². The maximum atomic E-state index is 3.26. The van der Waals surface area contributed by atoms with Crippen molar-refractivity contribution in [3.8, 4) is 0 Å². The molecule has 0 atom stereocenters. The molecule has 0 aliphatic heterocycles. The molecule has 1 heterocycles. The van der Waals surface area contributed by atoms with E-state index in [9.17, 15) is 0 Å². The topological polar surface area (TPSA) is 20.8 Å². The number of hydrogen-bond donors (Lipinski definition) is 1. The van der Waals surface area contributed by atoms with Crippen LogP contribution in [0.25, 0.3) is 0 Å². The van der Waals surface area contributed by atoms with Crippen molar-refractivity contribution in [2.45, 2.75) is 19.8 Å². The average molecular weight is 154 g/mol. The van der Waals surface area contributed by atoms with Gasteiger partial charge in [-0.25, -0.2) is 4.57 Å². The fraction of sp³-hybridized carbons (Fsp3) is 0.625. The van der Waals surface area contributed by atoms with Crippen LogP contribution in [-0.4, -0.2) is 11.2 Å². The van der Waals surface area contributed by atoms with Gasteiger partial charge in [-0.1, -0.05) is 13.3 Å². The molecule has 0 spiro atoms. The summed E-state index contributed by atoms with van der Waals surface area (Å²) >= 11 is 0. The molecule has 1 aromatic heterocycles. The molecule has 0 unspecified atom stereocenters. The second-order valence-corrected chi connectivity index (χ2v) is 2.75. The van der Waals surface area contributed by atoms with E-state index in [4.69, 9.17) is 0 Å². The first-order chi connectivity index (χ1) is 5.33. The van der Waals surface area contributed by atoms with Crippen LogP contribution in [0.5, 0.6) is 0 Å². The van der Waals surface area contributed by atoms with E-state index in [0.29, 0.717) is 0 Å². The van der Waals surface area contributed by atoms with Gasteiger partial charge in [0.2, 0.25) is 0 Å². The molecule has 1 rings (SSSR count). The number of nitrogens with zero attached hydrogens (tertiary/aromatic N) is 2. The van der Waals surface area contributed by atoms with Crippen LogP contribution >= 0.6 is 0 Å². The van der Waals surface area contributed by atoms with E-state index < -0.39 is 0 Å². The van der Waals surface area contributed by atoms with E-state index >= 15 is 0 Å². The first kappa shape index (κ1) is 8.11. The largest absolute Gasteiger partial charge is 0.266 e. The zero-order valence-corrected chi connectivity index (χ0v) is 7.25. The molecule has 1 aromatic rings. The van der Waals surface area contributed by atoms with Crippen molar-refractivity contribution in [2.24, 2.45) is 7.05 Å². The molecular formula is C8H16N3+. The molecule has 0 bridgehead atoms. The molecule has 0 aliphatic carbocycles. The number of aromatic nitrogens is 2. The molecule has 0 radical (unpaired) electrons. The number of hydrogen-bond acceptors (Lipinski definition) is 1. The lowest BCUT2D eigenvalue weighted by Crippen LogP contribution is -2.25. The molecular weight excluding hydrogens is 138 g/mol. The van der Waals surface area contributed by atoms with Crippen LogP contribution in [-0.2, 0) is 7.05 Å². The maximum absolute atomic E-state index is 3.26. The Balaban J connectivity index is 2.27. The second-order valence-electron chi connectivity index (χ2n) is 2.75. The average Bonchev–Trinajstić information content (AvgIpc) is 2.37. The highest BCUT2D eigenvalue weighted by Crippen LogP contribution is 1.84. The highest BCUT2D eigenvalue weighted by molar-refractivity contribution is 4.73. The Bertz CT molecular complexity index is 205. The normalized spacial score (nSPS) is 10.0. The van der Waals surface area contributed by atoms with Crippen LogP contribution in [0.3, 0.4) is 0 Å². The Morgan fingerprint density at radius 3 is 2.91 bits per heavy atom. The highest BCUT2D eigenvalue weighted by Gasteiger charge is 1.95. The van der Waals surface area contributed by atoms with Gasteiger partial charge in [-0.15, -0.1) is 4.68 Å². The molecule has 3 heteroatoms. The molecule has 0 fully saturated rings. The standard InChI is InChI=1S/C8H16N3/c1-3-4-5-9-11-7-6-10(2)8-11/h6-9H,3-5H2,1-2H3/q+1. The lowest BCUT2D eigenvalue weighted by atomic mass is 10.3. The van der Waals surface area contributed by atoms with Crippen LogP contribution in [0.4, 0.5) is 0 Å². The van der Waals surface area contributed by atoms with E-state index in [0.717, 1.165) is 6.54 Å². The van der Waals surface area contributed by atoms with Crippen LogP contribution in [0, 0.1) is 0 Å². The van der Waals surface area contributed by atoms with E-state index in [1.54, 1.807) is 0 Å². The molecule has 0 saturated carbocycles. The van der Waals surface area contributed by atoms with Crippen molar-refractivity contribution in [1.82, 2.24) is 4.68 Å². The van der Waals surface area contributed by atoms with Crippen molar-refractivity contribution in [1.29, 1.82) is 0 Å². The SMILES string of the molecule is CCCCNn1cc[n+](C)c1. The minimum Gasteiger partial charge on any atom is -0.256 e. The van der Waals surface area contributed by atoms with Gasteiger partial charge < -0.3 is 0 Å². The lowest BCUT2D eigenvalue weighted by molar-refractivity contribution is -0.670. The third-order valence-electron chi connectivity index (χ3n) is 1.59. The van der Waals surface area contributed by atoms with Crippen LogP contribution < -0.4 is 9.99 Å². The third kappa shape index (κ3) is 2.62. The Morgan fingerprint density at radius 2 is 2.36 bits per heavy atom. The summed E-state index contributed by atoms with van der Waals surface area (Å²) in [6.45, 7) is 3.24. The van der Waals surface area contributed by atoms with Crippen molar-refractivity contribution in [3.05, 3.63) is 18.7 Å². The van der Waals surface area contributed by atoms with Gasteiger partial charge in [-0.3, -0.25) is 5.43 Å². The predicted molar refractivity (Wildman–Crippen MR) is 44.7 cm³/mol. The number of aryl methyl sites for hydroxylation is 1. The molecule has 62 valence electrons.